The Morgan fingerprint density at radius 3 is 2.84 bits per heavy atom. The molecule has 19 heavy (non-hydrogen) atoms. The molecule has 1 aromatic rings. The first kappa shape index (κ1) is 14.2. The topological polar surface area (TPSA) is 37.4 Å². The largest absolute Gasteiger partial charge is 0.378 e. The van der Waals surface area contributed by atoms with Crippen molar-refractivity contribution in [1.82, 2.24) is 10.3 Å². The molecule has 1 saturated heterocycles. The molecule has 0 spiro atoms. The first-order chi connectivity index (χ1) is 9.18. The van der Waals surface area contributed by atoms with Gasteiger partial charge in [-0.2, -0.15) is 0 Å². The van der Waals surface area contributed by atoms with Gasteiger partial charge in [-0.25, -0.2) is 9.37 Å². The van der Waals surface area contributed by atoms with E-state index < -0.39 is 0 Å². The quantitative estimate of drug-likeness (QED) is 0.883. The molecule has 1 N–H and O–H groups in total. The molecule has 1 aromatic heterocycles. The van der Waals surface area contributed by atoms with Gasteiger partial charge in [0, 0.05) is 31.4 Å². The zero-order valence-corrected chi connectivity index (χ0v) is 11.7. The summed E-state index contributed by atoms with van der Waals surface area (Å²) in [6, 6.07) is 1.74. The second-order valence-corrected chi connectivity index (χ2v) is 5.23. The highest BCUT2D eigenvalue weighted by molar-refractivity contribution is 5.43. The normalized spacial score (nSPS) is 16.1. The van der Waals surface area contributed by atoms with Crippen molar-refractivity contribution in [2.45, 2.75) is 20.4 Å². The Balaban J connectivity index is 2.04. The molecule has 1 aliphatic heterocycles. The first-order valence-electron chi connectivity index (χ1n) is 6.85. The zero-order chi connectivity index (χ0) is 13.7. The lowest BCUT2D eigenvalue weighted by atomic mass is 10.2. The summed E-state index contributed by atoms with van der Waals surface area (Å²) in [4.78, 5) is 6.12. The molecule has 0 radical (unpaired) electrons. The number of ether oxygens (including phenoxy) is 1. The molecule has 1 aliphatic rings. The summed E-state index contributed by atoms with van der Waals surface area (Å²) >= 11 is 0. The van der Waals surface area contributed by atoms with E-state index in [1.165, 1.54) is 0 Å². The molecule has 106 valence electrons. The number of morpholine rings is 1. The Kier molecular flexibility index (Phi) is 5.10. The predicted molar refractivity (Wildman–Crippen MR) is 73.8 cm³/mol. The van der Waals surface area contributed by atoms with Gasteiger partial charge in [-0.1, -0.05) is 13.8 Å². The fourth-order valence-corrected chi connectivity index (χ4v) is 2.10. The van der Waals surface area contributed by atoms with Crippen molar-refractivity contribution in [3.8, 4) is 0 Å². The van der Waals surface area contributed by atoms with Crippen molar-refractivity contribution in [2.24, 2.45) is 5.92 Å². The van der Waals surface area contributed by atoms with Crippen molar-refractivity contribution < 1.29 is 9.13 Å². The van der Waals surface area contributed by atoms with Crippen molar-refractivity contribution in [3.63, 3.8) is 0 Å². The van der Waals surface area contributed by atoms with Gasteiger partial charge in [0.15, 0.2) is 11.6 Å². The zero-order valence-electron chi connectivity index (χ0n) is 11.7. The van der Waals surface area contributed by atoms with Crippen LogP contribution in [0, 0.1) is 11.7 Å². The van der Waals surface area contributed by atoms with Crippen LogP contribution in [0.5, 0.6) is 0 Å². The fourth-order valence-electron chi connectivity index (χ4n) is 2.10. The summed E-state index contributed by atoms with van der Waals surface area (Å²) in [5.41, 5.74) is 0.678. The molecule has 5 heteroatoms. The highest BCUT2D eigenvalue weighted by atomic mass is 19.1. The average Bonchev–Trinajstić information content (AvgIpc) is 2.41. The maximum Gasteiger partial charge on any atom is 0.170 e. The molecule has 0 aliphatic carbocycles. The summed E-state index contributed by atoms with van der Waals surface area (Å²) in [7, 11) is 0. The summed E-state index contributed by atoms with van der Waals surface area (Å²) in [5.74, 6) is 0.802. The van der Waals surface area contributed by atoms with Gasteiger partial charge in [0.1, 0.15) is 0 Å². The molecule has 0 bridgehead atoms. The lowest BCUT2D eigenvalue weighted by Crippen LogP contribution is -2.37. The summed E-state index contributed by atoms with van der Waals surface area (Å²) < 4.78 is 19.7. The van der Waals surface area contributed by atoms with Gasteiger partial charge in [0.05, 0.1) is 13.2 Å². The Morgan fingerprint density at radius 1 is 1.42 bits per heavy atom. The number of pyridine rings is 1. The number of nitrogens with one attached hydrogen (secondary N) is 1. The van der Waals surface area contributed by atoms with Gasteiger partial charge >= 0.3 is 0 Å². The lowest BCUT2D eigenvalue weighted by molar-refractivity contribution is 0.122. The van der Waals surface area contributed by atoms with E-state index in [4.69, 9.17) is 4.74 Å². The number of hydrogen-bond acceptors (Lipinski definition) is 4. The molecule has 2 rings (SSSR count). The van der Waals surface area contributed by atoms with Crippen molar-refractivity contribution in [3.05, 3.63) is 23.6 Å². The van der Waals surface area contributed by atoms with Gasteiger partial charge in [0.25, 0.3) is 0 Å². The van der Waals surface area contributed by atoms with Crippen LogP contribution in [-0.2, 0) is 11.3 Å². The molecule has 0 aromatic carbocycles. The monoisotopic (exact) mass is 267 g/mol. The van der Waals surface area contributed by atoms with E-state index in [0.29, 0.717) is 50.1 Å². The van der Waals surface area contributed by atoms with E-state index in [0.717, 1.165) is 6.54 Å². The van der Waals surface area contributed by atoms with Gasteiger partial charge in [-0.15, -0.1) is 0 Å². The standard InChI is InChI=1S/C14H22FN3O/c1-11(2)9-16-10-12-3-4-17-14(13(12)15)18-5-7-19-8-6-18/h3-4,11,16H,5-10H2,1-2H3. The summed E-state index contributed by atoms with van der Waals surface area (Å²) in [5, 5.41) is 3.26. The predicted octanol–water partition coefficient (Wildman–Crippen LogP) is 1.80. The lowest BCUT2D eigenvalue weighted by Gasteiger charge is -2.28. The van der Waals surface area contributed by atoms with Crippen LogP contribution in [0.3, 0.4) is 0 Å². The van der Waals surface area contributed by atoms with Crippen molar-refractivity contribution in [1.29, 1.82) is 0 Å². The van der Waals surface area contributed by atoms with Gasteiger partial charge in [-0.05, 0) is 18.5 Å². The van der Waals surface area contributed by atoms with E-state index in [2.05, 4.69) is 24.1 Å². The van der Waals surface area contributed by atoms with E-state index in [9.17, 15) is 4.39 Å². The molecular weight excluding hydrogens is 245 g/mol. The SMILES string of the molecule is CC(C)CNCc1ccnc(N2CCOCC2)c1F. The second kappa shape index (κ2) is 6.82. The third-order valence-corrected chi connectivity index (χ3v) is 3.13. The number of nitrogens with zero attached hydrogens (tertiary/aromatic N) is 2. The van der Waals surface area contributed by atoms with Crippen LogP contribution in [0.25, 0.3) is 0 Å². The van der Waals surface area contributed by atoms with Crippen LogP contribution in [-0.4, -0.2) is 37.8 Å². The third-order valence-electron chi connectivity index (χ3n) is 3.13. The van der Waals surface area contributed by atoms with Crippen LogP contribution in [0.2, 0.25) is 0 Å². The Labute approximate surface area is 114 Å². The van der Waals surface area contributed by atoms with E-state index >= 15 is 0 Å². The molecule has 0 amide bonds. The Bertz CT molecular complexity index is 406. The minimum Gasteiger partial charge on any atom is -0.378 e. The molecule has 0 saturated carbocycles. The van der Waals surface area contributed by atoms with E-state index in [1.54, 1.807) is 12.3 Å². The molecule has 4 nitrogen and oxygen atoms in total. The molecule has 0 atom stereocenters. The van der Waals surface area contributed by atoms with Crippen LogP contribution in [0.4, 0.5) is 10.2 Å². The van der Waals surface area contributed by atoms with Crippen LogP contribution in [0.1, 0.15) is 19.4 Å². The minimum absolute atomic E-state index is 0.208. The Hall–Kier alpha value is -1.20. The van der Waals surface area contributed by atoms with E-state index in [1.807, 2.05) is 4.90 Å². The minimum atomic E-state index is -0.208. The number of anilines is 1. The maximum absolute atomic E-state index is 14.4. The number of rotatable bonds is 5. The smallest absolute Gasteiger partial charge is 0.170 e. The van der Waals surface area contributed by atoms with Crippen LogP contribution in [0.15, 0.2) is 12.3 Å². The van der Waals surface area contributed by atoms with Crippen molar-refractivity contribution >= 4 is 5.82 Å². The Morgan fingerprint density at radius 2 is 2.16 bits per heavy atom. The number of halogens is 1. The average molecular weight is 267 g/mol. The molecular formula is C14H22FN3O. The van der Waals surface area contributed by atoms with Gasteiger partial charge < -0.3 is 15.0 Å². The van der Waals surface area contributed by atoms with Crippen molar-refractivity contribution in [2.75, 3.05) is 37.7 Å². The molecule has 2 heterocycles. The number of hydrogen-bond donors (Lipinski definition) is 1. The summed E-state index contributed by atoms with van der Waals surface area (Å²) in [6.45, 7) is 8.37. The van der Waals surface area contributed by atoms with Crippen LogP contribution >= 0.6 is 0 Å². The second-order valence-electron chi connectivity index (χ2n) is 5.23. The van der Waals surface area contributed by atoms with Gasteiger partial charge in [-0.3, -0.25) is 0 Å². The number of aromatic nitrogens is 1. The molecule has 1 fully saturated rings. The molecule has 0 unspecified atom stereocenters. The summed E-state index contributed by atoms with van der Waals surface area (Å²) in [6.07, 6.45) is 1.68. The fraction of sp³-hybridized carbons (Fsp3) is 0.643. The van der Waals surface area contributed by atoms with Gasteiger partial charge in [0.2, 0.25) is 0 Å². The highest BCUT2D eigenvalue weighted by Crippen LogP contribution is 2.20. The highest BCUT2D eigenvalue weighted by Gasteiger charge is 2.18. The third kappa shape index (κ3) is 3.88. The van der Waals surface area contributed by atoms with E-state index in [-0.39, 0.29) is 5.82 Å². The first-order valence-corrected chi connectivity index (χ1v) is 6.85. The van der Waals surface area contributed by atoms with Crippen LogP contribution < -0.4 is 10.2 Å². The maximum atomic E-state index is 14.4.